The second-order valence-corrected chi connectivity index (χ2v) is 7.59. The van der Waals surface area contributed by atoms with Crippen LogP contribution in [0.1, 0.15) is 44.3 Å². The molecule has 3 heteroatoms. The van der Waals surface area contributed by atoms with Crippen molar-refractivity contribution in [3.05, 3.63) is 60.2 Å². The Hall–Kier alpha value is -1.42. The summed E-state index contributed by atoms with van der Waals surface area (Å²) in [6, 6.07) is 9.85. The average molecular weight is 359 g/mol. The molecule has 0 aliphatic heterocycles. The molecule has 0 heterocycles. The van der Waals surface area contributed by atoms with E-state index in [1.807, 2.05) is 30.3 Å². The van der Waals surface area contributed by atoms with Crippen LogP contribution in [0, 0.1) is 17.3 Å². The average Bonchev–Trinajstić information content (AvgIpc) is 2.97. The summed E-state index contributed by atoms with van der Waals surface area (Å²) in [4.78, 5) is 0. The zero-order chi connectivity index (χ0) is 18.8. The van der Waals surface area contributed by atoms with Gasteiger partial charge in [0.05, 0.1) is 19.3 Å². The van der Waals surface area contributed by atoms with Crippen LogP contribution in [0.15, 0.2) is 54.6 Å². The molecule has 2 rings (SSSR count). The molecule has 26 heavy (non-hydrogen) atoms. The van der Waals surface area contributed by atoms with E-state index in [1.165, 1.54) is 0 Å². The van der Waals surface area contributed by atoms with Gasteiger partial charge in [-0.1, -0.05) is 54.6 Å². The zero-order valence-electron chi connectivity index (χ0n) is 16.4. The number of methoxy groups -OCH3 is 2. The van der Waals surface area contributed by atoms with Gasteiger partial charge in [0.25, 0.3) is 0 Å². The normalized spacial score (nSPS) is 23.8. The molecule has 1 aliphatic rings. The quantitative estimate of drug-likeness (QED) is 0.602. The zero-order valence-corrected chi connectivity index (χ0v) is 16.4. The molecule has 3 atom stereocenters. The standard InChI is InChI=1S/C23H34O3/c1-4-10-20-15-23(17-25-2,18-26-3)16-21(20)13-8-9-14-22(24)19-11-6-5-7-12-19/h4-12,20-22,24H,13-18H2,1-3H3/b9-8+,10-4+/t20-,21+,22?/m0/s1. The SMILES string of the molecule is C/C=C/[C@H]1CC(COC)(COC)C[C@H]1C/C=C/CC(O)c1ccccc1. The third-order valence-corrected chi connectivity index (χ3v) is 5.46. The molecule has 0 amide bonds. The molecular weight excluding hydrogens is 324 g/mol. The summed E-state index contributed by atoms with van der Waals surface area (Å²) in [7, 11) is 3.56. The molecule has 0 aromatic heterocycles. The Kier molecular flexibility index (Phi) is 8.56. The van der Waals surface area contributed by atoms with E-state index in [2.05, 4.69) is 31.2 Å². The molecule has 1 aromatic rings. The number of benzene rings is 1. The first kappa shape index (κ1) is 20.9. The van der Waals surface area contributed by atoms with Crippen molar-refractivity contribution in [2.45, 2.75) is 38.7 Å². The van der Waals surface area contributed by atoms with E-state index in [4.69, 9.17) is 9.47 Å². The minimum absolute atomic E-state index is 0.121. The van der Waals surface area contributed by atoms with Gasteiger partial charge in [-0.2, -0.15) is 0 Å². The number of hydrogen-bond donors (Lipinski definition) is 1. The fourth-order valence-electron chi connectivity index (χ4n) is 4.39. The maximum Gasteiger partial charge on any atom is 0.0824 e. The van der Waals surface area contributed by atoms with Gasteiger partial charge in [-0.05, 0) is 50.0 Å². The lowest BCUT2D eigenvalue weighted by atomic mass is 9.86. The van der Waals surface area contributed by atoms with Crippen molar-refractivity contribution < 1.29 is 14.6 Å². The first-order valence-corrected chi connectivity index (χ1v) is 9.63. The minimum atomic E-state index is -0.427. The number of aliphatic hydroxyl groups is 1. The van der Waals surface area contributed by atoms with Crippen LogP contribution >= 0.6 is 0 Å². The molecule has 1 fully saturated rings. The lowest BCUT2D eigenvalue weighted by Crippen LogP contribution is -2.29. The van der Waals surface area contributed by atoms with Crippen LogP contribution in [0.2, 0.25) is 0 Å². The third kappa shape index (κ3) is 5.80. The van der Waals surface area contributed by atoms with Crippen molar-refractivity contribution in [2.75, 3.05) is 27.4 Å². The molecule has 144 valence electrons. The molecule has 1 saturated carbocycles. The highest BCUT2D eigenvalue weighted by Crippen LogP contribution is 2.48. The van der Waals surface area contributed by atoms with E-state index in [-0.39, 0.29) is 5.41 Å². The van der Waals surface area contributed by atoms with Gasteiger partial charge in [0.15, 0.2) is 0 Å². The van der Waals surface area contributed by atoms with Crippen LogP contribution in [0.25, 0.3) is 0 Å². The second-order valence-electron chi connectivity index (χ2n) is 7.59. The highest BCUT2D eigenvalue weighted by Gasteiger charge is 2.43. The second kappa shape index (κ2) is 10.7. The highest BCUT2D eigenvalue weighted by atomic mass is 16.5. The summed E-state index contributed by atoms with van der Waals surface area (Å²) in [5.41, 5.74) is 1.10. The van der Waals surface area contributed by atoms with Crippen molar-refractivity contribution in [3.8, 4) is 0 Å². The monoisotopic (exact) mass is 358 g/mol. The first-order valence-electron chi connectivity index (χ1n) is 9.63. The topological polar surface area (TPSA) is 38.7 Å². The minimum Gasteiger partial charge on any atom is -0.388 e. The van der Waals surface area contributed by atoms with Gasteiger partial charge >= 0.3 is 0 Å². The Morgan fingerprint density at radius 3 is 2.42 bits per heavy atom. The number of aliphatic hydroxyl groups excluding tert-OH is 1. The lowest BCUT2D eigenvalue weighted by Gasteiger charge is -2.27. The predicted octanol–water partition coefficient (Wildman–Crippen LogP) is 4.94. The molecule has 1 unspecified atom stereocenters. The van der Waals surface area contributed by atoms with Crippen molar-refractivity contribution in [3.63, 3.8) is 0 Å². The summed E-state index contributed by atoms with van der Waals surface area (Å²) in [5, 5.41) is 10.3. The van der Waals surface area contributed by atoms with E-state index in [9.17, 15) is 5.11 Å². The van der Waals surface area contributed by atoms with Crippen molar-refractivity contribution in [1.29, 1.82) is 0 Å². The Labute approximate surface area is 158 Å². The summed E-state index contributed by atoms with van der Waals surface area (Å²) >= 11 is 0. The third-order valence-electron chi connectivity index (χ3n) is 5.46. The maximum absolute atomic E-state index is 10.3. The van der Waals surface area contributed by atoms with Crippen LogP contribution in [-0.4, -0.2) is 32.5 Å². The molecule has 0 spiro atoms. The van der Waals surface area contributed by atoms with E-state index < -0.39 is 6.10 Å². The van der Waals surface area contributed by atoms with E-state index >= 15 is 0 Å². The van der Waals surface area contributed by atoms with Crippen LogP contribution in [0.4, 0.5) is 0 Å². The summed E-state index contributed by atoms with van der Waals surface area (Å²) < 4.78 is 11.0. The number of allylic oxidation sites excluding steroid dienone is 3. The molecule has 1 aromatic carbocycles. The first-order chi connectivity index (χ1) is 12.6. The lowest BCUT2D eigenvalue weighted by molar-refractivity contribution is 0.0111. The molecule has 3 nitrogen and oxygen atoms in total. The van der Waals surface area contributed by atoms with Gasteiger partial charge in [0.1, 0.15) is 0 Å². The van der Waals surface area contributed by atoms with Gasteiger partial charge in [0.2, 0.25) is 0 Å². The van der Waals surface area contributed by atoms with E-state index in [0.717, 1.165) is 38.0 Å². The van der Waals surface area contributed by atoms with Crippen LogP contribution in [0.3, 0.4) is 0 Å². The van der Waals surface area contributed by atoms with Gasteiger partial charge in [-0.15, -0.1) is 0 Å². The Morgan fingerprint density at radius 1 is 1.12 bits per heavy atom. The Balaban J connectivity index is 1.93. The van der Waals surface area contributed by atoms with Crippen LogP contribution in [-0.2, 0) is 9.47 Å². The Morgan fingerprint density at radius 2 is 1.81 bits per heavy atom. The van der Waals surface area contributed by atoms with Gasteiger partial charge in [-0.25, -0.2) is 0 Å². The molecule has 0 radical (unpaired) electrons. The summed E-state index contributed by atoms with van der Waals surface area (Å²) in [5.74, 6) is 1.16. The Bertz CT molecular complexity index is 558. The van der Waals surface area contributed by atoms with Crippen molar-refractivity contribution >= 4 is 0 Å². The molecule has 0 bridgehead atoms. The van der Waals surface area contributed by atoms with Crippen molar-refractivity contribution in [2.24, 2.45) is 17.3 Å². The van der Waals surface area contributed by atoms with E-state index in [0.29, 0.717) is 18.3 Å². The smallest absolute Gasteiger partial charge is 0.0824 e. The fraction of sp³-hybridized carbons (Fsp3) is 0.565. The summed E-state index contributed by atoms with van der Waals surface area (Å²) in [6.45, 7) is 3.60. The fourth-order valence-corrected chi connectivity index (χ4v) is 4.39. The number of ether oxygens (including phenoxy) is 2. The van der Waals surface area contributed by atoms with Gasteiger partial charge < -0.3 is 14.6 Å². The van der Waals surface area contributed by atoms with Gasteiger partial charge in [0, 0.05) is 19.6 Å². The maximum atomic E-state index is 10.3. The molecular formula is C23H34O3. The van der Waals surface area contributed by atoms with Crippen molar-refractivity contribution in [1.82, 2.24) is 0 Å². The predicted molar refractivity (Wildman–Crippen MR) is 107 cm³/mol. The molecule has 0 saturated heterocycles. The number of rotatable bonds is 10. The highest BCUT2D eigenvalue weighted by molar-refractivity contribution is 5.18. The summed E-state index contributed by atoms with van der Waals surface area (Å²) in [6.07, 6.45) is 12.4. The van der Waals surface area contributed by atoms with E-state index in [1.54, 1.807) is 14.2 Å². The number of hydrogen-bond acceptors (Lipinski definition) is 3. The van der Waals surface area contributed by atoms with Crippen LogP contribution in [0.5, 0.6) is 0 Å². The van der Waals surface area contributed by atoms with Crippen LogP contribution < -0.4 is 0 Å². The largest absolute Gasteiger partial charge is 0.388 e. The molecule has 1 aliphatic carbocycles. The van der Waals surface area contributed by atoms with Gasteiger partial charge in [-0.3, -0.25) is 0 Å². The molecule has 1 N–H and O–H groups in total.